The van der Waals surface area contributed by atoms with E-state index in [0.29, 0.717) is 24.3 Å². The number of rotatable bonds is 8. The lowest BCUT2D eigenvalue weighted by Crippen LogP contribution is -2.10. The molecule has 0 aliphatic heterocycles. The Labute approximate surface area is 251 Å². The molecule has 5 aromatic rings. The molecule has 2 N–H and O–H groups in total. The fourth-order valence-electron chi connectivity index (χ4n) is 7.46. The summed E-state index contributed by atoms with van der Waals surface area (Å²) in [6.07, 6.45) is 3.18. The van der Waals surface area contributed by atoms with E-state index in [0.717, 1.165) is 63.3 Å². The number of carbonyl (C=O) groups is 1. The number of aliphatic hydroxyl groups excluding tert-OH is 1. The van der Waals surface area contributed by atoms with Gasteiger partial charge < -0.3 is 10.2 Å². The van der Waals surface area contributed by atoms with Crippen molar-refractivity contribution < 1.29 is 15.0 Å². The first-order valence-corrected chi connectivity index (χ1v) is 15.2. The Bertz CT molecular complexity index is 1830. The van der Waals surface area contributed by atoms with E-state index in [-0.39, 0.29) is 11.8 Å². The molecule has 8 nitrogen and oxygen atoms in total. The van der Waals surface area contributed by atoms with Crippen LogP contribution >= 0.6 is 0 Å². The van der Waals surface area contributed by atoms with Crippen molar-refractivity contribution in [3.63, 3.8) is 0 Å². The van der Waals surface area contributed by atoms with E-state index < -0.39 is 12.1 Å². The number of nitrogens with zero attached hydrogens (tertiary/aromatic N) is 5. The number of carboxylic acid groups (broad SMARTS) is 1. The number of aliphatic carboxylic acids is 1. The zero-order valence-corrected chi connectivity index (χ0v) is 25.0. The summed E-state index contributed by atoms with van der Waals surface area (Å²) in [6.45, 7) is 8.91. The van der Waals surface area contributed by atoms with Gasteiger partial charge >= 0.3 is 5.97 Å². The van der Waals surface area contributed by atoms with Gasteiger partial charge in [0.2, 0.25) is 0 Å². The second-order valence-corrected chi connectivity index (χ2v) is 12.6. The molecule has 0 bridgehead atoms. The highest BCUT2D eigenvalue weighted by Gasteiger charge is 2.60. The van der Waals surface area contributed by atoms with Crippen molar-refractivity contribution in [3.05, 3.63) is 95.1 Å². The smallest absolute Gasteiger partial charge is 0.307 e. The zero-order chi connectivity index (χ0) is 30.0. The number of hydrogen-bond acceptors (Lipinski definition) is 5. The standard InChI is InChI=1S/C35H37N5O3/c1-19(2)32-21(4)40(30-14-13-28(36-20(30)3)23-15-25-26(16-23)33(25)35(42)43)38-34(32)24-11-8-12-29-27(24)17-39(37-29)18-31(41)22-9-6-5-7-10-22/h5-14,17,19,23,25-26,31,33,41H,15-16,18H2,1-4H3,(H,42,43)/t23?,25?,26?,31-,33?/m0/s1. The molecule has 0 amide bonds. The first-order valence-electron chi connectivity index (χ1n) is 15.2. The summed E-state index contributed by atoms with van der Waals surface area (Å²) in [4.78, 5) is 16.4. The van der Waals surface area contributed by atoms with Crippen molar-refractivity contribution in [1.29, 1.82) is 0 Å². The molecule has 3 aromatic heterocycles. The van der Waals surface area contributed by atoms with Crippen LogP contribution in [0.1, 0.15) is 72.8 Å². The third-order valence-corrected chi connectivity index (χ3v) is 9.59. The third-order valence-electron chi connectivity index (χ3n) is 9.59. The molecular formula is C35H37N5O3. The van der Waals surface area contributed by atoms with Crippen LogP contribution in [0, 0.1) is 31.6 Å². The second kappa shape index (κ2) is 10.5. The fourth-order valence-corrected chi connectivity index (χ4v) is 7.46. The molecule has 2 fully saturated rings. The summed E-state index contributed by atoms with van der Waals surface area (Å²) in [5, 5.41) is 31.2. The number of fused-ring (bicyclic) bond motifs is 2. The van der Waals surface area contributed by atoms with E-state index in [9.17, 15) is 15.0 Å². The Kier molecular flexibility index (Phi) is 6.69. The van der Waals surface area contributed by atoms with Gasteiger partial charge in [0.05, 0.1) is 41.2 Å². The van der Waals surface area contributed by atoms with E-state index in [1.54, 1.807) is 0 Å². The summed E-state index contributed by atoms with van der Waals surface area (Å²) in [5.41, 5.74) is 8.87. The van der Waals surface area contributed by atoms with Gasteiger partial charge in [-0.15, -0.1) is 0 Å². The fraction of sp³-hybridized carbons (Fsp3) is 0.371. The minimum absolute atomic E-state index is 0.151. The Balaban J connectivity index is 1.21. The molecule has 2 saturated carbocycles. The largest absolute Gasteiger partial charge is 0.481 e. The Hall–Kier alpha value is -4.30. The Morgan fingerprint density at radius 2 is 1.72 bits per heavy atom. The van der Waals surface area contributed by atoms with E-state index in [2.05, 4.69) is 39.0 Å². The number of carboxylic acids is 1. The van der Waals surface area contributed by atoms with Gasteiger partial charge in [-0.25, -0.2) is 4.68 Å². The van der Waals surface area contributed by atoms with Gasteiger partial charge in [-0.2, -0.15) is 10.2 Å². The number of aliphatic hydroxyl groups is 1. The van der Waals surface area contributed by atoms with Crippen LogP contribution in [0.4, 0.5) is 0 Å². The Morgan fingerprint density at radius 3 is 2.40 bits per heavy atom. The van der Waals surface area contributed by atoms with Gasteiger partial charge in [-0.05, 0) is 68.2 Å². The van der Waals surface area contributed by atoms with Crippen molar-refractivity contribution in [1.82, 2.24) is 24.5 Å². The maximum Gasteiger partial charge on any atom is 0.307 e. The van der Waals surface area contributed by atoms with Crippen LogP contribution in [-0.2, 0) is 11.3 Å². The van der Waals surface area contributed by atoms with Gasteiger partial charge in [0.25, 0.3) is 0 Å². The van der Waals surface area contributed by atoms with Crippen LogP contribution in [-0.4, -0.2) is 40.7 Å². The molecule has 0 saturated heterocycles. The highest BCUT2D eigenvalue weighted by atomic mass is 16.4. The summed E-state index contributed by atoms with van der Waals surface area (Å²) < 4.78 is 3.84. The molecule has 7 rings (SSSR count). The monoisotopic (exact) mass is 575 g/mol. The van der Waals surface area contributed by atoms with Crippen LogP contribution < -0.4 is 0 Å². The molecule has 0 radical (unpaired) electrons. The summed E-state index contributed by atoms with van der Waals surface area (Å²) in [5.74, 6) is 0.389. The normalized spacial score (nSPS) is 21.8. The van der Waals surface area contributed by atoms with Crippen molar-refractivity contribution in [3.8, 4) is 16.9 Å². The first-order chi connectivity index (χ1) is 20.7. The highest BCUT2D eigenvalue weighted by Crippen LogP contribution is 2.62. The molecule has 220 valence electrons. The predicted molar refractivity (Wildman–Crippen MR) is 165 cm³/mol. The molecule has 3 atom stereocenters. The van der Waals surface area contributed by atoms with Crippen LogP contribution in [0.15, 0.2) is 66.9 Å². The maximum atomic E-state index is 11.4. The van der Waals surface area contributed by atoms with Crippen LogP contribution in [0.2, 0.25) is 0 Å². The molecule has 0 spiro atoms. The number of aryl methyl sites for hydroxylation is 1. The minimum atomic E-state index is -0.654. The highest BCUT2D eigenvalue weighted by molar-refractivity contribution is 5.94. The molecule has 2 aliphatic rings. The molecule has 2 unspecified atom stereocenters. The molecule has 3 heterocycles. The quantitative estimate of drug-likeness (QED) is 0.216. The molecule has 2 aromatic carbocycles. The summed E-state index contributed by atoms with van der Waals surface area (Å²) in [6, 6.07) is 20.0. The number of aromatic nitrogens is 5. The lowest BCUT2D eigenvalue weighted by Gasteiger charge is -2.15. The number of benzene rings is 2. The summed E-state index contributed by atoms with van der Waals surface area (Å²) in [7, 11) is 0. The SMILES string of the molecule is Cc1nc(C2CC3C(C2)C3C(=O)O)ccc1-n1nc(-c2cccc3nn(C[C@H](O)c4ccccc4)cc23)c(C(C)C)c1C. The molecule has 8 heteroatoms. The lowest BCUT2D eigenvalue weighted by molar-refractivity contribution is -0.139. The average Bonchev–Trinajstić information content (AvgIpc) is 3.29. The first kappa shape index (κ1) is 27.5. The van der Waals surface area contributed by atoms with Crippen LogP contribution in [0.3, 0.4) is 0 Å². The van der Waals surface area contributed by atoms with Crippen LogP contribution in [0.5, 0.6) is 0 Å². The average molecular weight is 576 g/mol. The van der Waals surface area contributed by atoms with E-state index in [1.165, 1.54) is 5.56 Å². The zero-order valence-electron chi connectivity index (χ0n) is 25.0. The maximum absolute atomic E-state index is 11.4. The van der Waals surface area contributed by atoms with Crippen molar-refractivity contribution >= 4 is 16.9 Å². The van der Waals surface area contributed by atoms with E-state index >= 15 is 0 Å². The van der Waals surface area contributed by atoms with Crippen LogP contribution in [0.25, 0.3) is 27.8 Å². The minimum Gasteiger partial charge on any atom is -0.481 e. The van der Waals surface area contributed by atoms with Crippen molar-refractivity contribution in [2.75, 3.05) is 0 Å². The number of pyridine rings is 1. The van der Waals surface area contributed by atoms with Gasteiger partial charge in [-0.3, -0.25) is 14.5 Å². The van der Waals surface area contributed by atoms with Crippen molar-refractivity contribution in [2.45, 2.75) is 65.0 Å². The number of hydrogen-bond donors (Lipinski definition) is 2. The van der Waals surface area contributed by atoms with Crippen molar-refractivity contribution in [2.24, 2.45) is 17.8 Å². The van der Waals surface area contributed by atoms with E-state index in [1.807, 2.05) is 64.9 Å². The van der Waals surface area contributed by atoms with E-state index in [4.69, 9.17) is 15.2 Å². The van der Waals surface area contributed by atoms with Gasteiger partial charge in [0, 0.05) is 40.0 Å². The van der Waals surface area contributed by atoms with Gasteiger partial charge in [-0.1, -0.05) is 56.3 Å². The lowest BCUT2D eigenvalue weighted by atomic mass is 9.95. The third kappa shape index (κ3) is 4.74. The predicted octanol–water partition coefficient (Wildman–Crippen LogP) is 6.58. The summed E-state index contributed by atoms with van der Waals surface area (Å²) >= 11 is 0. The second-order valence-electron chi connectivity index (χ2n) is 12.6. The topological polar surface area (TPSA) is 106 Å². The Morgan fingerprint density at radius 1 is 0.977 bits per heavy atom. The van der Waals surface area contributed by atoms with Gasteiger partial charge in [0.1, 0.15) is 0 Å². The van der Waals surface area contributed by atoms with Gasteiger partial charge in [0.15, 0.2) is 0 Å². The molecular weight excluding hydrogens is 538 g/mol. The molecule has 2 aliphatic carbocycles. The molecule has 43 heavy (non-hydrogen) atoms.